The number of halogens is 2. The maximum Gasteiger partial charge on any atom is 0.475 e. The number of anilines is 1. The molecule has 1 aromatic carbocycles. The Morgan fingerprint density at radius 3 is 2.94 bits per heavy atom. The van der Waals surface area contributed by atoms with E-state index < -0.39 is 56.2 Å². The molecule has 35 heavy (non-hydrogen) atoms. The minimum atomic E-state index is -4.23. The summed E-state index contributed by atoms with van der Waals surface area (Å²) in [6.45, 7) is 0.735. The lowest BCUT2D eigenvalue weighted by Gasteiger charge is -2.30. The number of fused-ring (bicyclic) bond motifs is 1. The highest BCUT2D eigenvalue weighted by Gasteiger charge is 2.54. The fourth-order valence-corrected chi connectivity index (χ4v) is 5.53. The Morgan fingerprint density at radius 2 is 2.14 bits per heavy atom. The van der Waals surface area contributed by atoms with Gasteiger partial charge in [-0.15, -0.1) is 0 Å². The molecule has 0 saturated carbocycles. The predicted octanol–water partition coefficient (Wildman–Crippen LogP) is 2.00. The number of phosphoric acid groups is 1. The van der Waals surface area contributed by atoms with Gasteiger partial charge in [0, 0.05) is 12.0 Å². The van der Waals surface area contributed by atoms with Gasteiger partial charge in [-0.2, -0.15) is 0 Å². The zero-order valence-corrected chi connectivity index (χ0v) is 19.2. The number of hydrogen-bond acceptors (Lipinski definition) is 11. The van der Waals surface area contributed by atoms with Crippen LogP contribution in [0.2, 0.25) is 0 Å². The lowest BCUT2D eigenvalue weighted by atomic mass is 9.96. The molecule has 0 radical (unpaired) electrons. The molecule has 6 atom stereocenters. The van der Waals surface area contributed by atoms with Gasteiger partial charge in [-0.3, -0.25) is 18.1 Å². The summed E-state index contributed by atoms with van der Waals surface area (Å²) in [5, 5.41) is 21.7. The van der Waals surface area contributed by atoms with Gasteiger partial charge in [0.15, 0.2) is 29.3 Å². The number of aliphatic hydroxyl groups excluding tert-OH is 1. The summed E-state index contributed by atoms with van der Waals surface area (Å²) < 4.78 is 63.9. The highest BCUT2D eigenvalue weighted by atomic mass is 31.2. The Balaban J connectivity index is 1.32. The largest absolute Gasteiger partial charge is 0.475 e. The lowest BCUT2D eigenvalue weighted by Crippen LogP contribution is -2.44. The van der Waals surface area contributed by atoms with Crippen LogP contribution in [-0.2, 0) is 22.9 Å². The Morgan fingerprint density at radius 1 is 1.34 bits per heavy atom. The Hall–Kier alpha value is -2.58. The molecule has 4 N–H and O–H groups in total. The molecule has 0 bridgehead atoms. The highest BCUT2D eigenvalue weighted by molar-refractivity contribution is 7.48. The molecule has 2 aliphatic heterocycles. The van der Waals surface area contributed by atoms with Gasteiger partial charge in [-0.1, -0.05) is 12.1 Å². The Bertz CT molecular complexity index is 1310. The second-order valence-electron chi connectivity index (χ2n) is 8.38. The summed E-state index contributed by atoms with van der Waals surface area (Å²) in [7, 11) is -4.23. The third-order valence-electron chi connectivity index (χ3n) is 6.01. The van der Waals surface area contributed by atoms with Crippen LogP contribution in [0, 0.1) is 11.6 Å². The Labute approximate surface area is 197 Å². The summed E-state index contributed by atoms with van der Waals surface area (Å²) in [6.07, 6.45) is -2.22. The minimum Gasteiger partial charge on any atom is -0.387 e. The van der Waals surface area contributed by atoms with Crippen LogP contribution in [0.1, 0.15) is 31.2 Å². The van der Waals surface area contributed by atoms with Gasteiger partial charge >= 0.3 is 7.82 Å². The van der Waals surface area contributed by atoms with Crippen LogP contribution in [0.15, 0.2) is 30.9 Å². The minimum absolute atomic E-state index is 0.103. The lowest BCUT2D eigenvalue weighted by molar-refractivity contribution is -0.0953. The van der Waals surface area contributed by atoms with Crippen LogP contribution in [0.5, 0.6) is 0 Å². The summed E-state index contributed by atoms with van der Waals surface area (Å²) in [4.78, 5) is 12.1. The number of aromatic nitrogens is 4. The summed E-state index contributed by atoms with van der Waals surface area (Å²) in [5.74, 6) is -2.06. The van der Waals surface area contributed by atoms with Gasteiger partial charge in [0.05, 0.1) is 25.6 Å². The maximum atomic E-state index is 14.2. The number of phosphoric ester groups is 1. The number of rotatable bonds is 5. The fourth-order valence-electron chi connectivity index (χ4n) is 4.14. The molecule has 2 saturated heterocycles. The van der Waals surface area contributed by atoms with Crippen LogP contribution < -0.4 is 5.73 Å². The van der Waals surface area contributed by atoms with E-state index in [0.717, 1.165) is 6.07 Å². The smallest absolute Gasteiger partial charge is 0.387 e. The molecule has 2 fully saturated rings. The zero-order valence-electron chi connectivity index (χ0n) is 18.3. The van der Waals surface area contributed by atoms with E-state index >= 15 is 0 Å². The van der Waals surface area contributed by atoms with Crippen molar-refractivity contribution in [3.63, 3.8) is 0 Å². The van der Waals surface area contributed by atoms with E-state index in [9.17, 15) is 23.6 Å². The first kappa shape index (κ1) is 24.1. The first-order valence-electron chi connectivity index (χ1n) is 10.6. The van der Waals surface area contributed by atoms with Gasteiger partial charge in [0.2, 0.25) is 0 Å². The number of benzene rings is 1. The summed E-state index contributed by atoms with van der Waals surface area (Å²) >= 11 is 0. The van der Waals surface area contributed by atoms with Gasteiger partial charge in [0.1, 0.15) is 29.7 Å². The van der Waals surface area contributed by atoms with Gasteiger partial charge in [0.25, 0.3) is 0 Å². The van der Waals surface area contributed by atoms with Crippen molar-refractivity contribution in [2.45, 2.75) is 43.5 Å². The number of imidazole rings is 1. The third kappa shape index (κ3) is 4.20. The van der Waals surface area contributed by atoms with E-state index in [4.69, 9.17) is 24.0 Å². The Kier molecular flexibility index (Phi) is 6.08. The maximum absolute atomic E-state index is 14.2. The van der Waals surface area contributed by atoms with Crippen molar-refractivity contribution in [1.29, 1.82) is 0 Å². The van der Waals surface area contributed by atoms with Crippen molar-refractivity contribution in [2.24, 2.45) is 0 Å². The molecule has 0 aliphatic carbocycles. The van der Waals surface area contributed by atoms with Crippen LogP contribution in [0.25, 0.3) is 11.2 Å². The van der Waals surface area contributed by atoms with E-state index in [1.807, 2.05) is 0 Å². The topological polar surface area (TPSA) is 164 Å². The molecular weight excluding hydrogens is 491 g/mol. The van der Waals surface area contributed by atoms with Crippen LogP contribution in [-0.4, -0.2) is 60.8 Å². The second kappa shape index (κ2) is 8.82. The fraction of sp³-hybridized carbons (Fsp3) is 0.450. The van der Waals surface area contributed by atoms with E-state index in [2.05, 4.69) is 15.0 Å². The molecule has 15 heteroatoms. The SMILES string of the molecule is C[C@@]1(O)[C@H](O)[C@@H](COP2(=O)OCCC(c3cccc(F)c3F)O2)O[C@H]1n1cnc2c(N)ncnc21. The predicted molar refractivity (Wildman–Crippen MR) is 115 cm³/mol. The van der Waals surface area contributed by atoms with Gasteiger partial charge in [-0.25, -0.2) is 28.3 Å². The summed E-state index contributed by atoms with van der Waals surface area (Å²) in [5.41, 5.74) is 4.40. The number of ether oxygens (including phenoxy) is 1. The molecule has 4 heterocycles. The van der Waals surface area contributed by atoms with Crippen molar-refractivity contribution >= 4 is 24.8 Å². The first-order valence-corrected chi connectivity index (χ1v) is 12.1. The molecule has 188 valence electrons. The van der Waals surface area contributed by atoms with Crippen molar-refractivity contribution in [3.05, 3.63) is 48.1 Å². The molecule has 5 rings (SSSR count). The van der Waals surface area contributed by atoms with E-state index in [1.165, 1.54) is 36.3 Å². The standard InChI is InChI=1S/C20H22F2N5O7P/c1-20(29)16(28)13(33-19(20)27-9-26-15-17(23)24-8-25-18(15)27)7-32-35(30)31-6-5-12(34-35)10-3-2-4-11(21)14(10)22/h2-4,8-9,12-13,16,19,28-29H,5-7H2,1H3,(H2,23,24,25)/t12?,13-,16-,19-,20-,35?/m1/s1. The van der Waals surface area contributed by atoms with Crippen molar-refractivity contribution in [1.82, 2.24) is 19.5 Å². The molecular formula is C20H22F2N5O7P. The molecule has 0 spiro atoms. The van der Waals surface area contributed by atoms with Crippen molar-refractivity contribution in [3.8, 4) is 0 Å². The number of nitrogens with zero attached hydrogens (tertiary/aromatic N) is 4. The molecule has 2 aliphatic rings. The highest BCUT2D eigenvalue weighted by Crippen LogP contribution is 2.57. The zero-order chi connectivity index (χ0) is 25.0. The average Bonchev–Trinajstić information content (AvgIpc) is 3.34. The molecule has 3 aromatic rings. The second-order valence-corrected chi connectivity index (χ2v) is 10.0. The quantitative estimate of drug-likeness (QED) is 0.428. The van der Waals surface area contributed by atoms with E-state index in [-0.39, 0.29) is 35.6 Å². The first-order chi connectivity index (χ1) is 16.6. The molecule has 12 nitrogen and oxygen atoms in total. The van der Waals surface area contributed by atoms with Gasteiger partial charge < -0.3 is 20.7 Å². The van der Waals surface area contributed by atoms with Crippen LogP contribution in [0.3, 0.4) is 0 Å². The third-order valence-corrected chi connectivity index (χ3v) is 7.48. The normalized spacial score (nSPS) is 33.4. The van der Waals surface area contributed by atoms with Crippen molar-refractivity contribution in [2.75, 3.05) is 18.9 Å². The van der Waals surface area contributed by atoms with E-state index in [1.54, 1.807) is 0 Å². The molecule has 0 amide bonds. The number of aliphatic hydroxyl groups is 2. The van der Waals surface area contributed by atoms with Crippen LogP contribution >= 0.6 is 7.82 Å². The molecule has 2 unspecified atom stereocenters. The number of nitrogen functional groups attached to an aromatic ring is 1. The van der Waals surface area contributed by atoms with Crippen LogP contribution in [0.4, 0.5) is 14.6 Å². The van der Waals surface area contributed by atoms with E-state index in [0.29, 0.717) is 0 Å². The monoisotopic (exact) mass is 513 g/mol. The molecule has 2 aromatic heterocycles. The number of nitrogens with two attached hydrogens (primary N) is 1. The van der Waals surface area contributed by atoms with Gasteiger partial charge in [-0.05, 0) is 13.0 Å². The van der Waals surface area contributed by atoms with Crippen molar-refractivity contribution < 1.29 is 41.9 Å². The average molecular weight is 513 g/mol. The number of hydrogen-bond donors (Lipinski definition) is 3. The summed E-state index contributed by atoms with van der Waals surface area (Å²) in [6, 6.07) is 3.58.